The van der Waals surface area contributed by atoms with Crippen LogP contribution in [0.1, 0.15) is 11.4 Å². The second kappa shape index (κ2) is 4.05. The van der Waals surface area contributed by atoms with Gasteiger partial charge in [0.2, 0.25) is 0 Å². The molecular weight excluding hydrogens is 192 g/mol. The van der Waals surface area contributed by atoms with E-state index in [-0.39, 0.29) is 0 Å². The maximum Gasteiger partial charge on any atom is 0.108 e. The first kappa shape index (κ1) is 9.59. The summed E-state index contributed by atoms with van der Waals surface area (Å²) in [7, 11) is 0. The average Bonchev–Trinajstić information content (AvgIpc) is 2.59. The third-order valence-corrected chi connectivity index (χ3v) is 2.92. The fourth-order valence-corrected chi connectivity index (χ4v) is 1.94. The molecule has 0 fully saturated rings. The molecule has 0 aliphatic rings. The Morgan fingerprint density at radius 3 is 3.00 bits per heavy atom. The van der Waals surface area contributed by atoms with Gasteiger partial charge in [-0.15, -0.1) is 0 Å². The van der Waals surface area contributed by atoms with Gasteiger partial charge in [-0.25, -0.2) is 4.98 Å². The molecule has 2 nitrogen and oxygen atoms in total. The topological polar surface area (TPSA) is 28.7 Å². The minimum Gasteiger partial charge on any atom is -0.342 e. The monoisotopic (exact) mass is 206 g/mol. The fraction of sp³-hybridized carbons (Fsp3) is 0.364. The van der Waals surface area contributed by atoms with Gasteiger partial charge in [-0.05, 0) is 24.8 Å². The normalized spacial score (nSPS) is 11.0. The van der Waals surface area contributed by atoms with E-state index in [2.05, 4.69) is 41.3 Å². The molecule has 0 aliphatic heterocycles. The molecule has 2 aromatic rings. The number of hydrogen-bond acceptors (Lipinski definition) is 2. The summed E-state index contributed by atoms with van der Waals surface area (Å²) < 4.78 is 0. The first-order chi connectivity index (χ1) is 6.81. The van der Waals surface area contributed by atoms with Crippen LogP contribution in [-0.2, 0) is 6.42 Å². The van der Waals surface area contributed by atoms with Gasteiger partial charge in [-0.1, -0.05) is 12.1 Å². The third kappa shape index (κ3) is 1.77. The number of nitrogens with one attached hydrogen (secondary N) is 1. The molecule has 0 radical (unpaired) electrons. The molecule has 1 heterocycles. The zero-order valence-corrected chi connectivity index (χ0v) is 9.32. The molecule has 1 N–H and O–H groups in total. The number of rotatable bonds is 3. The molecule has 0 bridgehead atoms. The maximum absolute atomic E-state index is 4.58. The Labute approximate surface area is 88.1 Å². The highest BCUT2D eigenvalue weighted by Gasteiger charge is 2.03. The van der Waals surface area contributed by atoms with Crippen molar-refractivity contribution in [1.82, 2.24) is 9.97 Å². The van der Waals surface area contributed by atoms with Crippen molar-refractivity contribution in [2.45, 2.75) is 13.3 Å². The van der Waals surface area contributed by atoms with Gasteiger partial charge in [0, 0.05) is 12.2 Å². The van der Waals surface area contributed by atoms with Gasteiger partial charge in [0.25, 0.3) is 0 Å². The maximum atomic E-state index is 4.58. The fourth-order valence-electron chi connectivity index (χ4n) is 1.54. The number of fused-ring (bicyclic) bond motifs is 1. The van der Waals surface area contributed by atoms with E-state index < -0.39 is 0 Å². The highest BCUT2D eigenvalue weighted by molar-refractivity contribution is 7.98. The van der Waals surface area contributed by atoms with Crippen LogP contribution in [0.15, 0.2) is 18.2 Å². The Hall–Kier alpha value is -0.960. The number of imidazole rings is 1. The minimum atomic E-state index is 1.02. The van der Waals surface area contributed by atoms with E-state index >= 15 is 0 Å². The molecular formula is C11H14N2S. The van der Waals surface area contributed by atoms with Crippen LogP contribution in [0, 0.1) is 6.92 Å². The van der Waals surface area contributed by atoms with Crippen molar-refractivity contribution in [3.05, 3.63) is 29.6 Å². The molecule has 3 heteroatoms. The minimum absolute atomic E-state index is 1.02. The molecule has 0 unspecified atom stereocenters. The van der Waals surface area contributed by atoms with Crippen LogP contribution in [0.3, 0.4) is 0 Å². The van der Waals surface area contributed by atoms with Gasteiger partial charge in [0.05, 0.1) is 11.0 Å². The van der Waals surface area contributed by atoms with E-state index in [9.17, 15) is 0 Å². The molecule has 0 atom stereocenters. The molecule has 74 valence electrons. The lowest BCUT2D eigenvalue weighted by Gasteiger charge is -1.91. The number of benzene rings is 1. The molecule has 0 aliphatic carbocycles. The summed E-state index contributed by atoms with van der Waals surface area (Å²) in [5.74, 6) is 2.22. The Morgan fingerprint density at radius 1 is 1.43 bits per heavy atom. The van der Waals surface area contributed by atoms with Crippen LogP contribution in [-0.4, -0.2) is 22.0 Å². The SMILES string of the molecule is CSCCc1nc2c(C)cccc2[nH]1. The van der Waals surface area contributed by atoms with Crippen LogP contribution in [0.2, 0.25) is 0 Å². The number of hydrogen-bond donors (Lipinski definition) is 1. The number of thioether (sulfide) groups is 1. The molecule has 0 spiro atoms. The average molecular weight is 206 g/mol. The van der Waals surface area contributed by atoms with Gasteiger partial charge >= 0.3 is 0 Å². The van der Waals surface area contributed by atoms with E-state index in [0.717, 1.165) is 29.0 Å². The number of H-pyrrole nitrogens is 1. The smallest absolute Gasteiger partial charge is 0.108 e. The molecule has 1 aromatic heterocycles. The van der Waals surface area contributed by atoms with Gasteiger partial charge in [0.15, 0.2) is 0 Å². The van der Waals surface area contributed by atoms with Crippen molar-refractivity contribution in [1.29, 1.82) is 0 Å². The predicted molar refractivity (Wildman–Crippen MR) is 62.9 cm³/mol. The van der Waals surface area contributed by atoms with Gasteiger partial charge in [-0.3, -0.25) is 0 Å². The van der Waals surface area contributed by atoms with E-state index in [1.54, 1.807) is 0 Å². The Morgan fingerprint density at radius 2 is 2.29 bits per heavy atom. The molecule has 2 rings (SSSR count). The van der Waals surface area contributed by atoms with Crippen molar-refractivity contribution in [3.8, 4) is 0 Å². The molecule has 1 aromatic carbocycles. The lowest BCUT2D eigenvalue weighted by Crippen LogP contribution is -1.89. The predicted octanol–water partition coefficient (Wildman–Crippen LogP) is 2.78. The van der Waals surface area contributed by atoms with Crippen LogP contribution in [0.5, 0.6) is 0 Å². The number of aromatic amines is 1. The Bertz CT molecular complexity index is 434. The highest BCUT2D eigenvalue weighted by atomic mass is 32.2. The van der Waals surface area contributed by atoms with E-state index in [1.807, 2.05) is 11.8 Å². The molecule has 0 saturated heterocycles. The summed E-state index contributed by atoms with van der Waals surface area (Å²) in [5.41, 5.74) is 3.51. The van der Waals surface area contributed by atoms with Crippen LogP contribution in [0.25, 0.3) is 11.0 Å². The molecule has 0 amide bonds. The largest absolute Gasteiger partial charge is 0.342 e. The van der Waals surface area contributed by atoms with Crippen molar-refractivity contribution in [2.75, 3.05) is 12.0 Å². The summed E-state index contributed by atoms with van der Waals surface area (Å²) in [6.07, 6.45) is 3.14. The third-order valence-electron chi connectivity index (χ3n) is 2.31. The summed E-state index contributed by atoms with van der Waals surface area (Å²) in [6.45, 7) is 2.10. The van der Waals surface area contributed by atoms with E-state index in [4.69, 9.17) is 0 Å². The second-order valence-electron chi connectivity index (χ2n) is 3.40. The van der Waals surface area contributed by atoms with Gasteiger partial charge < -0.3 is 4.98 Å². The summed E-state index contributed by atoms with van der Waals surface area (Å²) in [6, 6.07) is 6.24. The second-order valence-corrected chi connectivity index (χ2v) is 4.38. The van der Waals surface area contributed by atoms with E-state index in [0.29, 0.717) is 0 Å². The lowest BCUT2D eigenvalue weighted by atomic mass is 10.2. The van der Waals surface area contributed by atoms with Crippen LogP contribution in [0.4, 0.5) is 0 Å². The van der Waals surface area contributed by atoms with Crippen molar-refractivity contribution in [3.63, 3.8) is 0 Å². The number of aromatic nitrogens is 2. The van der Waals surface area contributed by atoms with Crippen molar-refractivity contribution < 1.29 is 0 Å². The molecule has 14 heavy (non-hydrogen) atoms. The van der Waals surface area contributed by atoms with E-state index in [1.165, 1.54) is 5.56 Å². The Kier molecular flexibility index (Phi) is 2.77. The Balaban J connectivity index is 2.36. The standard InChI is InChI=1S/C11H14N2S/c1-8-4-3-5-9-11(8)13-10(12-9)6-7-14-2/h3-5H,6-7H2,1-2H3,(H,12,13). The summed E-state index contributed by atoms with van der Waals surface area (Å²) in [4.78, 5) is 7.93. The number of para-hydroxylation sites is 1. The highest BCUT2D eigenvalue weighted by Crippen LogP contribution is 2.15. The first-order valence-corrected chi connectivity index (χ1v) is 6.14. The summed E-state index contributed by atoms with van der Waals surface area (Å²) in [5, 5.41) is 0. The van der Waals surface area contributed by atoms with Gasteiger partial charge in [0.1, 0.15) is 5.82 Å². The quantitative estimate of drug-likeness (QED) is 0.836. The first-order valence-electron chi connectivity index (χ1n) is 4.74. The zero-order chi connectivity index (χ0) is 9.97. The summed E-state index contributed by atoms with van der Waals surface area (Å²) >= 11 is 1.85. The zero-order valence-electron chi connectivity index (χ0n) is 8.50. The molecule has 0 saturated carbocycles. The van der Waals surface area contributed by atoms with Gasteiger partial charge in [-0.2, -0.15) is 11.8 Å². The van der Waals surface area contributed by atoms with Crippen LogP contribution < -0.4 is 0 Å². The van der Waals surface area contributed by atoms with Crippen LogP contribution >= 0.6 is 11.8 Å². The number of aryl methyl sites for hydroxylation is 2. The lowest BCUT2D eigenvalue weighted by molar-refractivity contribution is 1.01. The van der Waals surface area contributed by atoms with Crippen molar-refractivity contribution >= 4 is 22.8 Å². The number of nitrogens with zero attached hydrogens (tertiary/aromatic N) is 1. The van der Waals surface area contributed by atoms with Crippen molar-refractivity contribution in [2.24, 2.45) is 0 Å².